The Morgan fingerprint density at radius 3 is 2.00 bits per heavy atom. The zero-order valence-electron chi connectivity index (χ0n) is 15.0. The van der Waals surface area contributed by atoms with Crippen molar-refractivity contribution < 1.29 is 0 Å². The zero-order valence-corrected chi connectivity index (χ0v) is 15.8. The number of hydrogen-bond donors (Lipinski definition) is 0. The molecule has 0 amide bonds. The van der Waals surface area contributed by atoms with Crippen molar-refractivity contribution in [3.05, 3.63) is 96.7 Å². The second-order valence-electron chi connectivity index (χ2n) is 6.27. The van der Waals surface area contributed by atoms with Crippen LogP contribution in [0.3, 0.4) is 0 Å². The molecule has 0 fully saturated rings. The highest BCUT2D eigenvalue weighted by Crippen LogP contribution is 2.38. The third-order valence-corrected chi connectivity index (χ3v) is 5.53. The molecule has 0 unspecified atom stereocenters. The summed E-state index contributed by atoms with van der Waals surface area (Å²) in [4.78, 5) is 1.29. The van der Waals surface area contributed by atoms with Crippen LogP contribution >= 0.6 is 11.8 Å². The zero-order chi connectivity index (χ0) is 17.9. The fraction of sp³-hybridized carbons (Fsp3) is 0.0833. The van der Waals surface area contributed by atoms with E-state index in [4.69, 9.17) is 0 Å². The van der Waals surface area contributed by atoms with Crippen LogP contribution in [0.2, 0.25) is 0 Å². The molecule has 4 aromatic rings. The van der Waals surface area contributed by atoms with Gasteiger partial charge in [-0.1, -0.05) is 66.7 Å². The van der Waals surface area contributed by atoms with Crippen LogP contribution in [-0.4, -0.2) is 10.8 Å². The van der Waals surface area contributed by atoms with Crippen LogP contribution < -0.4 is 0 Å². The Labute approximate surface area is 159 Å². The van der Waals surface area contributed by atoms with E-state index in [1.165, 1.54) is 38.7 Å². The maximum atomic E-state index is 2.37. The third kappa shape index (κ3) is 2.97. The van der Waals surface area contributed by atoms with Crippen LogP contribution in [-0.2, 0) is 0 Å². The van der Waals surface area contributed by atoms with Crippen molar-refractivity contribution in [1.82, 2.24) is 4.57 Å². The van der Waals surface area contributed by atoms with Crippen LogP contribution in [0, 0.1) is 6.92 Å². The largest absolute Gasteiger partial charge is 0.313 e. The summed E-state index contributed by atoms with van der Waals surface area (Å²) < 4.78 is 2.37. The molecule has 2 heteroatoms. The second-order valence-corrected chi connectivity index (χ2v) is 7.11. The molecule has 0 radical (unpaired) electrons. The Hall–Kier alpha value is -2.71. The summed E-state index contributed by atoms with van der Waals surface area (Å²) in [6.07, 6.45) is 2.14. The number of thioether (sulfide) groups is 1. The van der Waals surface area contributed by atoms with Crippen LogP contribution in [0.5, 0.6) is 0 Å². The van der Waals surface area contributed by atoms with E-state index in [2.05, 4.69) is 109 Å². The highest BCUT2D eigenvalue weighted by Gasteiger charge is 2.17. The maximum Gasteiger partial charge on any atom is 0.0549 e. The molecule has 0 aliphatic heterocycles. The van der Waals surface area contributed by atoms with Crippen molar-refractivity contribution in [3.8, 4) is 28.1 Å². The summed E-state index contributed by atoms with van der Waals surface area (Å²) in [5.41, 5.74) is 7.49. The molecule has 0 aliphatic rings. The Balaban J connectivity index is 2.01. The fourth-order valence-corrected chi connectivity index (χ4v) is 4.09. The number of hydrogen-bond acceptors (Lipinski definition) is 1. The molecule has 128 valence electrons. The molecule has 3 aromatic carbocycles. The lowest BCUT2D eigenvalue weighted by molar-refractivity contribution is 1.02. The van der Waals surface area contributed by atoms with Gasteiger partial charge in [0.15, 0.2) is 0 Å². The second kappa shape index (κ2) is 7.27. The van der Waals surface area contributed by atoms with E-state index in [0.717, 1.165) is 0 Å². The average molecular weight is 356 g/mol. The molecule has 0 bridgehead atoms. The number of nitrogens with zero attached hydrogens (tertiary/aromatic N) is 1. The lowest BCUT2D eigenvalue weighted by Crippen LogP contribution is -1.99. The minimum Gasteiger partial charge on any atom is -0.313 e. The lowest BCUT2D eigenvalue weighted by atomic mass is 10.1. The summed E-state index contributed by atoms with van der Waals surface area (Å²) in [6, 6.07) is 32.2. The molecule has 26 heavy (non-hydrogen) atoms. The molecule has 0 atom stereocenters. The van der Waals surface area contributed by atoms with Gasteiger partial charge in [-0.25, -0.2) is 0 Å². The summed E-state index contributed by atoms with van der Waals surface area (Å²) in [7, 11) is 0. The Morgan fingerprint density at radius 2 is 1.31 bits per heavy atom. The highest BCUT2D eigenvalue weighted by molar-refractivity contribution is 7.98. The van der Waals surface area contributed by atoms with Crippen LogP contribution in [0.4, 0.5) is 0 Å². The molecule has 0 aliphatic carbocycles. The quantitative estimate of drug-likeness (QED) is 0.363. The number of rotatable bonds is 4. The summed E-state index contributed by atoms with van der Waals surface area (Å²) in [5.74, 6) is 0. The maximum absolute atomic E-state index is 2.37. The van der Waals surface area contributed by atoms with Gasteiger partial charge in [0.1, 0.15) is 0 Å². The number of benzene rings is 3. The van der Waals surface area contributed by atoms with Crippen molar-refractivity contribution in [2.45, 2.75) is 11.8 Å². The monoisotopic (exact) mass is 355 g/mol. The molecular weight excluding hydrogens is 334 g/mol. The standard InChI is InChI=1S/C24H21NS/c1-18-22(19-11-5-3-6-12-19)17-23(21-15-9-10-16-24(21)26-2)25(18)20-13-7-4-8-14-20/h3-17H,1-2H3. The van der Waals surface area contributed by atoms with Gasteiger partial charge in [-0.15, -0.1) is 11.8 Å². The molecule has 4 rings (SSSR count). The molecule has 1 aromatic heterocycles. The van der Waals surface area contributed by atoms with E-state index in [1.54, 1.807) is 11.8 Å². The van der Waals surface area contributed by atoms with E-state index in [1.807, 2.05) is 0 Å². The van der Waals surface area contributed by atoms with Gasteiger partial charge in [0.05, 0.1) is 5.69 Å². The minimum absolute atomic E-state index is 1.19. The van der Waals surface area contributed by atoms with E-state index >= 15 is 0 Å². The Morgan fingerprint density at radius 1 is 0.692 bits per heavy atom. The molecule has 0 saturated carbocycles. The number of aromatic nitrogens is 1. The van der Waals surface area contributed by atoms with Gasteiger partial charge in [-0.2, -0.15) is 0 Å². The predicted molar refractivity (Wildman–Crippen MR) is 113 cm³/mol. The first-order chi connectivity index (χ1) is 12.8. The van der Waals surface area contributed by atoms with Crippen LogP contribution in [0.25, 0.3) is 28.1 Å². The summed E-state index contributed by atoms with van der Waals surface area (Å²) >= 11 is 1.79. The predicted octanol–water partition coefficient (Wildman–Crippen LogP) is 6.84. The first-order valence-electron chi connectivity index (χ1n) is 8.76. The van der Waals surface area contributed by atoms with Crippen molar-refractivity contribution in [2.24, 2.45) is 0 Å². The van der Waals surface area contributed by atoms with Gasteiger partial charge in [-0.05, 0) is 43.0 Å². The molecular formula is C24H21NS. The van der Waals surface area contributed by atoms with Gasteiger partial charge >= 0.3 is 0 Å². The van der Waals surface area contributed by atoms with Gasteiger partial charge in [-0.3, -0.25) is 0 Å². The van der Waals surface area contributed by atoms with Gasteiger partial charge in [0, 0.05) is 27.4 Å². The average Bonchev–Trinajstić information content (AvgIpc) is 3.06. The van der Waals surface area contributed by atoms with Gasteiger partial charge in [0.2, 0.25) is 0 Å². The SMILES string of the molecule is CSc1ccccc1-c1cc(-c2ccccc2)c(C)n1-c1ccccc1. The smallest absolute Gasteiger partial charge is 0.0549 e. The Kier molecular flexibility index (Phi) is 4.68. The molecule has 1 heterocycles. The first-order valence-corrected chi connectivity index (χ1v) is 9.98. The van der Waals surface area contributed by atoms with Gasteiger partial charge < -0.3 is 4.57 Å². The first kappa shape index (κ1) is 16.7. The molecule has 0 saturated heterocycles. The molecule has 1 nitrogen and oxygen atoms in total. The lowest BCUT2D eigenvalue weighted by Gasteiger charge is -2.14. The summed E-state index contributed by atoms with van der Waals surface area (Å²) in [6.45, 7) is 2.21. The normalized spacial score (nSPS) is 10.8. The molecule has 0 spiro atoms. The van der Waals surface area contributed by atoms with Crippen molar-refractivity contribution in [1.29, 1.82) is 0 Å². The van der Waals surface area contributed by atoms with Crippen molar-refractivity contribution in [3.63, 3.8) is 0 Å². The summed E-state index contributed by atoms with van der Waals surface area (Å²) in [5, 5.41) is 0. The van der Waals surface area contributed by atoms with Gasteiger partial charge in [0.25, 0.3) is 0 Å². The van der Waals surface area contributed by atoms with Crippen LogP contribution in [0.1, 0.15) is 5.69 Å². The highest BCUT2D eigenvalue weighted by atomic mass is 32.2. The van der Waals surface area contributed by atoms with Crippen molar-refractivity contribution in [2.75, 3.05) is 6.26 Å². The van der Waals surface area contributed by atoms with E-state index in [9.17, 15) is 0 Å². The topological polar surface area (TPSA) is 4.93 Å². The fourth-order valence-electron chi connectivity index (χ4n) is 3.48. The third-order valence-electron chi connectivity index (χ3n) is 4.73. The van der Waals surface area contributed by atoms with E-state index in [-0.39, 0.29) is 0 Å². The molecule has 0 N–H and O–H groups in total. The van der Waals surface area contributed by atoms with E-state index < -0.39 is 0 Å². The van der Waals surface area contributed by atoms with Crippen molar-refractivity contribution >= 4 is 11.8 Å². The minimum atomic E-state index is 1.19. The van der Waals surface area contributed by atoms with Crippen LogP contribution in [0.15, 0.2) is 95.9 Å². The van der Waals surface area contributed by atoms with E-state index in [0.29, 0.717) is 0 Å². The number of para-hydroxylation sites is 1. The Bertz CT molecular complexity index is 1020.